The van der Waals surface area contributed by atoms with Crippen molar-refractivity contribution in [1.82, 2.24) is 0 Å². The molecule has 0 spiro atoms. The molecule has 0 atom stereocenters. The second-order valence-electron chi connectivity index (χ2n) is 4.21. The van der Waals surface area contributed by atoms with Crippen molar-refractivity contribution in [3.63, 3.8) is 0 Å². The fraction of sp³-hybridized carbons (Fsp3) is 0.267. The molecule has 0 aromatic heterocycles. The number of unbranched alkanes of at least 4 members (excludes halogenated alkanes) is 1. The van der Waals surface area contributed by atoms with Crippen LogP contribution in [0, 0.1) is 5.82 Å². The minimum atomic E-state index is -0.275. The summed E-state index contributed by atoms with van der Waals surface area (Å²) in [5, 5.41) is 2.13. The fourth-order valence-electron chi connectivity index (χ4n) is 2.02. The number of carbonyl (C=O) groups excluding carboxylic acids is 1. The summed E-state index contributed by atoms with van der Waals surface area (Å²) in [7, 11) is 0. The predicted molar refractivity (Wildman–Crippen MR) is 75.9 cm³/mol. The standard InChI is InChI=1S/C15H14BrFO/c16-10-4-3-7-15(18)13-8-9-14(17)12-6-2-1-5-11(12)13/h1-2,5-6,8-9H,3-4,7,10H2. The van der Waals surface area contributed by atoms with Gasteiger partial charge in [-0.3, -0.25) is 4.79 Å². The summed E-state index contributed by atoms with van der Waals surface area (Å²) >= 11 is 3.34. The van der Waals surface area contributed by atoms with Crippen molar-refractivity contribution >= 4 is 32.5 Å². The highest BCUT2D eigenvalue weighted by atomic mass is 79.9. The molecule has 1 nitrogen and oxygen atoms in total. The van der Waals surface area contributed by atoms with Crippen LogP contribution in [0.3, 0.4) is 0 Å². The average molecular weight is 309 g/mol. The van der Waals surface area contributed by atoms with E-state index in [9.17, 15) is 9.18 Å². The lowest BCUT2D eigenvalue weighted by atomic mass is 9.98. The Labute approximate surface area is 114 Å². The first-order valence-corrected chi connectivity index (χ1v) is 7.12. The second kappa shape index (κ2) is 6.10. The van der Waals surface area contributed by atoms with E-state index in [0.717, 1.165) is 18.2 Å². The molecule has 0 aliphatic heterocycles. The number of alkyl halides is 1. The number of fused-ring (bicyclic) bond motifs is 1. The molecule has 0 bridgehead atoms. The zero-order chi connectivity index (χ0) is 13.0. The van der Waals surface area contributed by atoms with Crippen LogP contribution in [0.4, 0.5) is 4.39 Å². The van der Waals surface area contributed by atoms with Gasteiger partial charge in [0.1, 0.15) is 5.82 Å². The molecule has 0 radical (unpaired) electrons. The summed E-state index contributed by atoms with van der Waals surface area (Å²) in [6.45, 7) is 0. The van der Waals surface area contributed by atoms with Crippen LogP contribution in [-0.4, -0.2) is 11.1 Å². The van der Waals surface area contributed by atoms with Crippen molar-refractivity contribution in [2.24, 2.45) is 0 Å². The largest absolute Gasteiger partial charge is 0.294 e. The van der Waals surface area contributed by atoms with Crippen molar-refractivity contribution in [2.75, 3.05) is 5.33 Å². The third kappa shape index (κ3) is 2.78. The molecule has 2 rings (SSSR count). The topological polar surface area (TPSA) is 17.1 Å². The van der Waals surface area contributed by atoms with Crippen LogP contribution in [0.1, 0.15) is 29.6 Å². The Kier molecular flexibility index (Phi) is 4.48. The smallest absolute Gasteiger partial charge is 0.163 e. The summed E-state index contributed by atoms with van der Waals surface area (Å²) in [5.74, 6) is -0.185. The van der Waals surface area contributed by atoms with Crippen LogP contribution in [-0.2, 0) is 0 Å². The summed E-state index contributed by atoms with van der Waals surface area (Å²) < 4.78 is 13.6. The van der Waals surface area contributed by atoms with Crippen molar-refractivity contribution in [3.05, 3.63) is 47.8 Å². The molecular formula is C15H14BrFO. The van der Waals surface area contributed by atoms with Crippen molar-refractivity contribution in [2.45, 2.75) is 19.3 Å². The molecule has 2 aromatic rings. The van der Waals surface area contributed by atoms with Gasteiger partial charge in [0.15, 0.2) is 5.78 Å². The van der Waals surface area contributed by atoms with E-state index in [2.05, 4.69) is 15.9 Å². The Bertz CT molecular complexity index is 565. The maximum absolute atomic E-state index is 13.6. The van der Waals surface area contributed by atoms with E-state index in [1.807, 2.05) is 6.07 Å². The molecular weight excluding hydrogens is 295 g/mol. The SMILES string of the molecule is O=C(CCCCBr)c1ccc(F)c2ccccc12. The Morgan fingerprint density at radius 2 is 1.78 bits per heavy atom. The number of rotatable bonds is 5. The van der Waals surface area contributed by atoms with Gasteiger partial charge in [0.2, 0.25) is 0 Å². The van der Waals surface area contributed by atoms with E-state index >= 15 is 0 Å². The normalized spacial score (nSPS) is 10.8. The zero-order valence-electron chi connectivity index (χ0n) is 9.96. The van der Waals surface area contributed by atoms with E-state index in [0.29, 0.717) is 22.8 Å². The van der Waals surface area contributed by atoms with E-state index in [4.69, 9.17) is 0 Å². The molecule has 0 saturated carbocycles. The van der Waals surface area contributed by atoms with Crippen LogP contribution >= 0.6 is 15.9 Å². The summed E-state index contributed by atoms with van der Waals surface area (Å²) in [6, 6.07) is 10.1. The highest BCUT2D eigenvalue weighted by Gasteiger charge is 2.11. The van der Waals surface area contributed by atoms with Gasteiger partial charge in [-0.2, -0.15) is 0 Å². The van der Waals surface area contributed by atoms with E-state index in [1.54, 1.807) is 24.3 Å². The van der Waals surface area contributed by atoms with Crippen molar-refractivity contribution in [1.29, 1.82) is 0 Å². The molecule has 94 valence electrons. The molecule has 0 N–H and O–H groups in total. The monoisotopic (exact) mass is 308 g/mol. The highest BCUT2D eigenvalue weighted by Crippen LogP contribution is 2.23. The van der Waals surface area contributed by atoms with E-state index < -0.39 is 0 Å². The molecule has 0 aliphatic carbocycles. The maximum Gasteiger partial charge on any atom is 0.163 e. The first-order chi connectivity index (χ1) is 8.74. The molecule has 3 heteroatoms. The van der Waals surface area contributed by atoms with E-state index in [-0.39, 0.29) is 11.6 Å². The lowest BCUT2D eigenvalue weighted by Gasteiger charge is -2.06. The number of halogens is 2. The molecule has 0 saturated heterocycles. The third-order valence-electron chi connectivity index (χ3n) is 2.96. The average Bonchev–Trinajstić information content (AvgIpc) is 2.39. The van der Waals surface area contributed by atoms with Crippen LogP contribution in [0.25, 0.3) is 10.8 Å². The van der Waals surface area contributed by atoms with Crippen LogP contribution in [0.15, 0.2) is 36.4 Å². The lowest BCUT2D eigenvalue weighted by molar-refractivity contribution is 0.0981. The molecule has 0 amide bonds. The van der Waals surface area contributed by atoms with Gasteiger partial charge in [0.05, 0.1) is 0 Å². The van der Waals surface area contributed by atoms with Gasteiger partial charge < -0.3 is 0 Å². The molecule has 0 heterocycles. The Morgan fingerprint density at radius 3 is 2.50 bits per heavy atom. The van der Waals surface area contributed by atoms with Crippen molar-refractivity contribution in [3.8, 4) is 0 Å². The number of benzene rings is 2. The Balaban J connectivity index is 2.33. The first kappa shape index (κ1) is 13.2. The number of Topliss-reactive ketones (excluding diaryl/α,β-unsaturated/α-hetero) is 1. The lowest BCUT2D eigenvalue weighted by Crippen LogP contribution is -2.01. The van der Waals surface area contributed by atoms with Gasteiger partial charge in [-0.1, -0.05) is 40.2 Å². The number of hydrogen-bond donors (Lipinski definition) is 0. The molecule has 0 fully saturated rings. The van der Waals surface area contributed by atoms with Crippen LogP contribution in [0.2, 0.25) is 0 Å². The summed E-state index contributed by atoms with van der Waals surface area (Å²) in [6.07, 6.45) is 2.35. The van der Waals surface area contributed by atoms with Crippen LogP contribution in [0.5, 0.6) is 0 Å². The van der Waals surface area contributed by atoms with Gasteiger partial charge in [0, 0.05) is 22.7 Å². The number of ketones is 1. The second-order valence-corrected chi connectivity index (χ2v) is 5.00. The minimum absolute atomic E-state index is 0.0900. The van der Waals surface area contributed by atoms with Gasteiger partial charge in [-0.05, 0) is 30.4 Å². The fourth-order valence-corrected chi connectivity index (χ4v) is 2.42. The van der Waals surface area contributed by atoms with Gasteiger partial charge in [0.25, 0.3) is 0 Å². The zero-order valence-corrected chi connectivity index (χ0v) is 11.5. The molecule has 2 aromatic carbocycles. The summed E-state index contributed by atoms with van der Waals surface area (Å²) in [5.41, 5.74) is 0.626. The highest BCUT2D eigenvalue weighted by molar-refractivity contribution is 9.09. The maximum atomic E-state index is 13.6. The number of hydrogen-bond acceptors (Lipinski definition) is 1. The summed E-state index contributed by atoms with van der Waals surface area (Å²) in [4.78, 5) is 12.1. The van der Waals surface area contributed by atoms with Crippen molar-refractivity contribution < 1.29 is 9.18 Å². The minimum Gasteiger partial charge on any atom is -0.294 e. The first-order valence-electron chi connectivity index (χ1n) is 6.00. The molecule has 18 heavy (non-hydrogen) atoms. The predicted octanol–water partition coefficient (Wildman–Crippen LogP) is 4.73. The van der Waals surface area contributed by atoms with E-state index in [1.165, 1.54) is 6.07 Å². The quantitative estimate of drug-likeness (QED) is 0.443. The Morgan fingerprint density at radius 1 is 1.06 bits per heavy atom. The van der Waals surface area contributed by atoms with Gasteiger partial charge in [-0.15, -0.1) is 0 Å². The third-order valence-corrected chi connectivity index (χ3v) is 3.52. The molecule has 0 unspecified atom stereocenters. The van der Waals surface area contributed by atoms with Crippen LogP contribution < -0.4 is 0 Å². The van der Waals surface area contributed by atoms with Gasteiger partial charge >= 0.3 is 0 Å². The van der Waals surface area contributed by atoms with Gasteiger partial charge in [-0.25, -0.2) is 4.39 Å². The number of carbonyl (C=O) groups is 1. The molecule has 0 aliphatic rings. The Hall–Kier alpha value is -1.22.